The average Bonchev–Trinajstić information content (AvgIpc) is 2.79. The first-order valence-corrected chi connectivity index (χ1v) is 6.92. The molecule has 0 spiro atoms. The summed E-state index contributed by atoms with van der Waals surface area (Å²) in [5, 5.41) is 14.0. The van der Waals surface area contributed by atoms with Crippen LogP contribution in [0.3, 0.4) is 0 Å². The van der Waals surface area contributed by atoms with Crippen LogP contribution in [-0.2, 0) is 6.54 Å². The Hall–Kier alpha value is -0.970. The number of halogens is 1. The first-order valence-electron chi connectivity index (χ1n) is 6.54. The summed E-state index contributed by atoms with van der Waals surface area (Å²) in [4.78, 5) is 2.34. The van der Waals surface area contributed by atoms with Gasteiger partial charge in [-0.2, -0.15) is 0 Å². The van der Waals surface area contributed by atoms with Gasteiger partial charge in [0.25, 0.3) is 0 Å². The zero-order chi connectivity index (χ0) is 13.8. The molecule has 0 aliphatic carbocycles. The van der Waals surface area contributed by atoms with Crippen LogP contribution in [0.5, 0.6) is 11.5 Å². The molecule has 1 fully saturated rings. The fourth-order valence-electron chi connectivity index (χ4n) is 2.52. The minimum absolute atomic E-state index is 0.169. The highest BCUT2D eigenvalue weighted by Gasteiger charge is 2.19. The smallest absolute Gasteiger partial charge is 0.162 e. The Morgan fingerprint density at radius 3 is 2.95 bits per heavy atom. The van der Waals surface area contributed by atoms with Crippen molar-refractivity contribution in [2.45, 2.75) is 13.0 Å². The molecule has 0 saturated carbocycles. The van der Waals surface area contributed by atoms with Crippen LogP contribution in [0.15, 0.2) is 12.1 Å². The average molecular weight is 285 g/mol. The summed E-state index contributed by atoms with van der Waals surface area (Å²) in [5.74, 6) is 1.28. The maximum atomic E-state index is 10.0. The second-order valence-corrected chi connectivity index (χ2v) is 5.60. The van der Waals surface area contributed by atoms with Crippen LogP contribution in [0.25, 0.3) is 0 Å². The molecule has 1 unspecified atom stereocenters. The minimum Gasteiger partial charge on any atom is -0.504 e. The van der Waals surface area contributed by atoms with Crippen LogP contribution in [0, 0.1) is 5.92 Å². The number of phenols is 1. The highest BCUT2D eigenvalue weighted by molar-refractivity contribution is 6.30. The molecule has 5 heteroatoms. The van der Waals surface area contributed by atoms with Gasteiger partial charge in [0.05, 0.1) is 7.11 Å². The van der Waals surface area contributed by atoms with Crippen LogP contribution in [0.2, 0.25) is 5.02 Å². The highest BCUT2D eigenvalue weighted by Crippen LogP contribution is 2.33. The molecule has 4 nitrogen and oxygen atoms in total. The van der Waals surface area contributed by atoms with Gasteiger partial charge < -0.3 is 20.1 Å². The Balaban J connectivity index is 1.90. The summed E-state index contributed by atoms with van der Waals surface area (Å²) in [7, 11) is 3.67. The van der Waals surface area contributed by atoms with Crippen LogP contribution >= 0.6 is 11.6 Å². The Kier molecular flexibility index (Phi) is 4.91. The standard InChI is InChI=1S/C14H21ClN2O2/c1-17-4-3-10(9-17)7-16-8-11-5-12(15)6-13(19-2)14(11)18/h5-6,10,16,18H,3-4,7-9H2,1-2H3. The third-order valence-corrected chi connectivity index (χ3v) is 3.79. The van der Waals surface area contributed by atoms with Crippen molar-refractivity contribution in [2.24, 2.45) is 5.92 Å². The van der Waals surface area contributed by atoms with Gasteiger partial charge in [-0.3, -0.25) is 0 Å². The molecule has 0 aromatic heterocycles. The van der Waals surface area contributed by atoms with E-state index in [-0.39, 0.29) is 5.75 Å². The fraction of sp³-hybridized carbons (Fsp3) is 0.571. The Morgan fingerprint density at radius 2 is 2.32 bits per heavy atom. The maximum absolute atomic E-state index is 10.0. The number of aromatic hydroxyl groups is 1. The molecule has 1 aliphatic heterocycles. The first-order chi connectivity index (χ1) is 9.10. The van der Waals surface area contributed by atoms with Crippen molar-refractivity contribution in [1.82, 2.24) is 10.2 Å². The summed E-state index contributed by atoms with van der Waals surface area (Å²) in [6.45, 7) is 3.86. The minimum atomic E-state index is 0.169. The van der Waals surface area contributed by atoms with Crippen molar-refractivity contribution < 1.29 is 9.84 Å². The van der Waals surface area contributed by atoms with Crippen LogP contribution in [0.1, 0.15) is 12.0 Å². The predicted octanol–water partition coefficient (Wildman–Crippen LogP) is 2.10. The number of phenolic OH excluding ortho intramolecular Hbond substituents is 1. The third-order valence-electron chi connectivity index (χ3n) is 3.58. The molecule has 1 aliphatic rings. The Bertz CT molecular complexity index is 440. The lowest BCUT2D eigenvalue weighted by Crippen LogP contribution is -2.24. The molecule has 0 radical (unpaired) electrons. The molecule has 1 aromatic carbocycles. The highest BCUT2D eigenvalue weighted by atomic mass is 35.5. The van der Waals surface area contributed by atoms with E-state index in [1.165, 1.54) is 20.1 Å². The number of ether oxygens (including phenoxy) is 1. The second-order valence-electron chi connectivity index (χ2n) is 5.16. The number of rotatable bonds is 5. The van der Waals surface area contributed by atoms with E-state index >= 15 is 0 Å². The summed E-state index contributed by atoms with van der Waals surface area (Å²) < 4.78 is 5.09. The number of benzene rings is 1. The van der Waals surface area contributed by atoms with Gasteiger partial charge in [0.1, 0.15) is 0 Å². The van der Waals surface area contributed by atoms with Crippen LogP contribution in [-0.4, -0.2) is 43.8 Å². The molecule has 1 aromatic rings. The van der Waals surface area contributed by atoms with Gasteiger partial charge in [0.2, 0.25) is 0 Å². The molecule has 0 bridgehead atoms. The number of methoxy groups -OCH3 is 1. The van der Waals surface area contributed by atoms with Crippen molar-refractivity contribution in [3.05, 3.63) is 22.7 Å². The zero-order valence-electron chi connectivity index (χ0n) is 11.4. The van der Waals surface area contributed by atoms with Gasteiger partial charge in [-0.15, -0.1) is 0 Å². The number of likely N-dealkylation sites (tertiary alicyclic amines) is 1. The normalized spacial score (nSPS) is 19.8. The lowest BCUT2D eigenvalue weighted by Gasteiger charge is -2.13. The predicted molar refractivity (Wildman–Crippen MR) is 77.0 cm³/mol. The molecular weight excluding hydrogens is 264 g/mol. The van der Waals surface area contributed by atoms with Crippen LogP contribution < -0.4 is 10.1 Å². The number of hydrogen-bond donors (Lipinski definition) is 2. The number of nitrogens with one attached hydrogen (secondary N) is 1. The van der Waals surface area contributed by atoms with E-state index in [1.807, 2.05) is 0 Å². The summed E-state index contributed by atoms with van der Waals surface area (Å²) in [6.07, 6.45) is 1.23. The maximum Gasteiger partial charge on any atom is 0.162 e. The van der Waals surface area contributed by atoms with Gasteiger partial charge in [0, 0.05) is 29.7 Å². The second kappa shape index (κ2) is 6.46. The van der Waals surface area contributed by atoms with Crippen molar-refractivity contribution in [3.8, 4) is 11.5 Å². The Labute approximate surface area is 119 Å². The van der Waals surface area contributed by atoms with E-state index in [9.17, 15) is 5.11 Å². The molecule has 19 heavy (non-hydrogen) atoms. The van der Waals surface area contributed by atoms with Gasteiger partial charge in [-0.1, -0.05) is 11.6 Å². The van der Waals surface area contributed by atoms with Gasteiger partial charge in [0.15, 0.2) is 11.5 Å². The molecule has 1 heterocycles. The van der Waals surface area contributed by atoms with Gasteiger partial charge in [-0.05, 0) is 38.5 Å². The molecule has 106 valence electrons. The van der Waals surface area contributed by atoms with Crippen molar-refractivity contribution in [1.29, 1.82) is 0 Å². The lowest BCUT2D eigenvalue weighted by atomic mass is 10.1. The summed E-state index contributed by atoms with van der Waals surface area (Å²) >= 11 is 6.00. The molecular formula is C14H21ClN2O2. The molecule has 2 rings (SSSR count). The van der Waals surface area contributed by atoms with E-state index in [0.717, 1.165) is 18.7 Å². The SMILES string of the molecule is COc1cc(Cl)cc(CNCC2CCN(C)C2)c1O. The van der Waals surface area contributed by atoms with E-state index in [4.69, 9.17) is 16.3 Å². The van der Waals surface area contributed by atoms with E-state index < -0.39 is 0 Å². The van der Waals surface area contributed by atoms with E-state index in [0.29, 0.717) is 23.2 Å². The van der Waals surface area contributed by atoms with E-state index in [2.05, 4.69) is 17.3 Å². The molecule has 2 N–H and O–H groups in total. The lowest BCUT2D eigenvalue weighted by molar-refractivity contribution is 0.367. The molecule has 1 atom stereocenters. The zero-order valence-corrected chi connectivity index (χ0v) is 12.2. The van der Waals surface area contributed by atoms with Gasteiger partial charge in [-0.25, -0.2) is 0 Å². The quantitative estimate of drug-likeness (QED) is 0.869. The van der Waals surface area contributed by atoms with Crippen molar-refractivity contribution in [3.63, 3.8) is 0 Å². The van der Waals surface area contributed by atoms with E-state index in [1.54, 1.807) is 12.1 Å². The summed E-state index contributed by atoms with van der Waals surface area (Å²) in [6, 6.07) is 3.39. The van der Waals surface area contributed by atoms with Gasteiger partial charge >= 0.3 is 0 Å². The fourth-order valence-corrected chi connectivity index (χ4v) is 2.75. The third kappa shape index (κ3) is 3.75. The molecule has 0 amide bonds. The van der Waals surface area contributed by atoms with Crippen molar-refractivity contribution in [2.75, 3.05) is 33.8 Å². The largest absolute Gasteiger partial charge is 0.504 e. The molecule has 1 saturated heterocycles. The number of hydrogen-bond acceptors (Lipinski definition) is 4. The number of nitrogens with zero attached hydrogens (tertiary/aromatic N) is 1. The van der Waals surface area contributed by atoms with Crippen LogP contribution in [0.4, 0.5) is 0 Å². The summed E-state index contributed by atoms with van der Waals surface area (Å²) in [5.41, 5.74) is 0.774. The Morgan fingerprint density at radius 1 is 1.53 bits per heavy atom. The topological polar surface area (TPSA) is 44.7 Å². The van der Waals surface area contributed by atoms with Crippen molar-refractivity contribution >= 4 is 11.6 Å². The monoisotopic (exact) mass is 284 g/mol. The first kappa shape index (κ1) is 14.4.